The van der Waals surface area contributed by atoms with Gasteiger partial charge in [0.15, 0.2) is 0 Å². The highest BCUT2D eigenvalue weighted by Crippen LogP contribution is 2.52. The molecule has 7 aromatic rings. The van der Waals surface area contributed by atoms with E-state index in [0.717, 1.165) is 22.7 Å². The van der Waals surface area contributed by atoms with Crippen molar-refractivity contribution in [3.05, 3.63) is 167 Å². The molecule has 7 aromatic carbocycles. The monoisotopic (exact) mass is 638 g/mol. The van der Waals surface area contributed by atoms with Crippen molar-refractivity contribution >= 4 is 55.7 Å². The summed E-state index contributed by atoms with van der Waals surface area (Å²) in [6, 6.07) is 52.0. The van der Waals surface area contributed by atoms with Crippen LogP contribution in [0.25, 0.3) is 21.5 Å². The quantitative estimate of drug-likeness (QED) is 0.121. The van der Waals surface area contributed by atoms with Crippen LogP contribution in [-0.4, -0.2) is 0 Å². The number of nitrogens with zero attached hydrogens (tertiary/aromatic N) is 2. The molecule has 7 rings (SSSR count). The maximum absolute atomic E-state index is 2.48. The average Bonchev–Trinajstić information content (AvgIpc) is 3.11. The zero-order valence-electron chi connectivity index (χ0n) is 29.8. The van der Waals surface area contributed by atoms with Crippen molar-refractivity contribution < 1.29 is 0 Å². The molecule has 0 aliphatic carbocycles. The topological polar surface area (TPSA) is 6.48 Å². The molecule has 0 amide bonds. The van der Waals surface area contributed by atoms with Crippen molar-refractivity contribution in [3.63, 3.8) is 0 Å². The lowest BCUT2D eigenvalue weighted by atomic mass is 9.90. The van der Waals surface area contributed by atoms with Crippen LogP contribution in [0.1, 0.15) is 67.3 Å². The molecule has 0 N–H and O–H groups in total. The smallest absolute Gasteiger partial charge is 0.0620 e. The highest BCUT2D eigenvalue weighted by Gasteiger charge is 2.26. The van der Waals surface area contributed by atoms with E-state index in [1.165, 1.54) is 60.7 Å². The summed E-state index contributed by atoms with van der Waals surface area (Å²) in [5, 5.41) is 4.92. The predicted molar refractivity (Wildman–Crippen MR) is 213 cm³/mol. The molecule has 49 heavy (non-hydrogen) atoms. The molecule has 2 nitrogen and oxygen atoms in total. The number of hydrogen-bond donors (Lipinski definition) is 0. The Morgan fingerprint density at radius 1 is 0.347 bits per heavy atom. The summed E-state index contributed by atoms with van der Waals surface area (Å²) in [5.41, 5.74) is 13.4. The first-order valence-electron chi connectivity index (χ1n) is 17.6. The van der Waals surface area contributed by atoms with E-state index in [1.54, 1.807) is 0 Å². The first kappa shape index (κ1) is 32.2. The Morgan fingerprint density at radius 2 is 0.673 bits per heavy atom. The van der Waals surface area contributed by atoms with Gasteiger partial charge in [-0.2, -0.15) is 0 Å². The minimum Gasteiger partial charge on any atom is -0.309 e. The van der Waals surface area contributed by atoms with Crippen molar-refractivity contribution in [2.24, 2.45) is 0 Å². The average molecular weight is 639 g/mol. The second kappa shape index (κ2) is 13.3. The Kier molecular flexibility index (Phi) is 8.73. The third kappa shape index (κ3) is 6.20. The van der Waals surface area contributed by atoms with Crippen LogP contribution >= 0.6 is 0 Å². The van der Waals surface area contributed by atoms with E-state index in [2.05, 4.69) is 198 Å². The summed E-state index contributed by atoms with van der Waals surface area (Å²) >= 11 is 0. The molecule has 0 heterocycles. The second-order valence-corrected chi connectivity index (χ2v) is 14.1. The van der Waals surface area contributed by atoms with Crippen LogP contribution in [0.5, 0.6) is 0 Å². The summed E-state index contributed by atoms with van der Waals surface area (Å²) in [6.45, 7) is 15.6. The Morgan fingerprint density at radius 3 is 1.00 bits per heavy atom. The molecule has 0 atom stereocenters. The van der Waals surface area contributed by atoms with E-state index in [1.807, 2.05) is 0 Å². The molecule has 0 fully saturated rings. The molecule has 0 aromatic heterocycles. The van der Waals surface area contributed by atoms with Crippen LogP contribution in [0.3, 0.4) is 0 Å². The number of hydrogen-bond acceptors (Lipinski definition) is 2. The van der Waals surface area contributed by atoms with Crippen molar-refractivity contribution in [3.8, 4) is 0 Å². The Hall–Kier alpha value is -5.34. The normalized spacial score (nSPS) is 11.5. The van der Waals surface area contributed by atoms with Gasteiger partial charge in [-0.05, 0) is 104 Å². The fourth-order valence-corrected chi connectivity index (χ4v) is 6.89. The second-order valence-electron chi connectivity index (χ2n) is 14.1. The summed E-state index contributed by atoms with van der Waals surface area (Å²) in [6.07, 6.45) is 0. The van der Waals surface area contributed by atoms with Crippen LogP contribution in [0.15, 0.2) is 140 Å². The van der Waals surface area contributed by atoms with E-state index in [9.17, 15) is 0 Å². The van der Waals surface area contributed by atoms with Crippen molar-refractivity contribution in [1.29, 1.82) is 0 Å². The molecule has 0 radical (unpaired) electrons. The van der Waals surface area contributed by atoms with Gasteiger partial charge >= 0.3 is 0 Å². The van der Waals surface area contributed by atoms with E-state index in [0.29, 0.717) is 11.8 Å². The SMILES string of the molecule is Cc1ccc(N(c2ccccc2)c2c3ccc(C(C)C)cc3c(N(c3ccc(C)cc3)c3ccc(C)cc3)c3ccc(C(C)C)cc23)cc1. The summed E-state index contributed by atoms with van der Waals surface area (Å²) in [4.78, 5) is 4.94. The lowest BCUT2D eigenvalue weighted by Gasteiger charge is -2.33. The van der Waals surface area contributed by atoms with Gasteiger partial charge in [0.25, 0.3) is 0 Å². The highest BCUT2D eigenvalue weighted by atomic mass is 15.2. The van der Waals surface area contributed by atoms with Crippen LogP contribution in [0, 0.1) is 20.8 Å². The fraction of sp³-hybridized carbons (Fsp3) is 0.191. The van der Waals surface area contributed by atoms with E-state index in [4.69, 9.17) is 0 Å². The first-order chi connectivity index (χ1) is 23.7. The van der Waals surface area contributed by atoms with Gasteiger partial charge in [-0.25, -0.2) is 0 Å². The van der Waals surface area contributed by atoms with Gasteiger partial charge in [0.05, 0.1) is 11.4 Å². The fourth-order valence-electron chi connectivity index (χ4n) is 6.89. The minimum atomic E-state index is 0.384. The summed E-state index contributed by atoms with van der Waals surface area (Å²) < 4.78 is 0. The molecule has 0 saturated heterocycles. The van der Waals surface area contributed by atoms with Crippen molar-refractivity contribution in [2.45, 2.75) is 60.3 Å². The summed E-state index contributed by atoms with van der Waals surface area (Å²) in [5.74, 6) is 0.767. The molecule has 0 aliphatic heterocycles. The summed E-state index contributed by atoms with van der Waals surface area (Å²) in [7, 11) is 0. The highest BCUT2D eigenvalue weighted by molar-refractivity contribution is 6.23. The molecule has 0 unspecified atom stereocenters. The molecule has 0 saturated carbocycles. The molecule has 244 valence electrons. The number of benzene rings is 7. The Bertz CT molecular complexity index is 2180. The molecular weight excluding hydrogens is 593 g/mol. The zero-order valence-corrected chi connectivity index (χ0v) is 29.8. The van der Waals surface area contributed by atoms with E-state index in [-0.39, 0.29) is 0 Å². The van der Waals surface area contributed by atoms with Gasteiger partial charge in [-0.15, -0.1) is 0 Å². The maximum Gasteiger partial charge on any atom is 0.0620 e. The lowest BCUT2D eigenvalue weighted by Crippen LogP contribution is -2.15. The molecular formula is C47H46N2. The number of rotatable bonds is 8. The Labute approximate surface area is 292 Å². The van der Waals surface area contributed by atoms with Crippen LogP contribution in [-0.2, 0) is 0 Å². The maximum atomic E-state index is 2.48. The van der Waals surface area contributed by atoms with Gasteiger partial charge in [0.2, 0.25) is 0 Å². The van der Waals surface area contributed by atoms with Crippen LogP contribution in [0.2, 0.25) is 0 Å². The van der Waals surface area contributed by atoms with Crippen LogP contribution < -0.4 is 9.80 Å². The van der Waals surface area contributed by atoms with Crippen molar-refractivity contribution in [1.82, 2.24) is 0 Å². The van der Waals surface area contributed by atoms with E-state index < -0.39 is 0 Å². The van der Waals surface area contributed by atoms with Gasteiger partial charge in [0, 0.05) is 44.3 Å². The van der Waals surface area contributed by atoms with Crippen LogP contribution in [0.4, 0.5) is 34.1 Å². The number of fused-ring (bicyclic) bond motifs is 2. The zero-order chi connectivity index (χ0) is 34.2. The molecule has 0 spiro atoms. The number of anilines is 6. The van der Waals surface area contributed by atoms with Gasteiger partial charge < -0.3 is 9.80 Å². The Balaban J connectivity index is 1.68. The largest absolute Gasteiger partial charge is 0.309 e. The first-order valence-corrected chi connectivity index (χ1v) is 17.6. The molecule has 2 heteroatoms. The van der Waals surface area contributed by atoms with Gasteiger partial charge in [-0.1, -0.05) is 123 Å². The molecule has 0 bridgehead atoms. The third-order valence-electron chi connectivity index (χ3n) is 9.78. The predicted octanol–water partition coefficient (Wildman–Crippen LogP) is 14.1. The number of para-hydroxylation sites is 1. The van der Waals surface area contributed by atoms with E-state index >= 15 is 0 Å². The van der Waals surface area contributed by atoms with Gasteiger partial charge in [0.1, 0.15) is 0 Å². The number of aryl methyl sites for hydroxylation is 3. The third-order valence-corrected chi connectivity index (χ3v) is 9.78. The van der Waals surface area contributed by atoms with Crippen molar-refractivity contribution in [2.75, 3.05) is 9.80 Å². The van der Waals surface area contributed by atoms with Gasteiger partial charge in [-0.3, -0.25) is 0 Å². The molecule has 0 aliphatic rings. The lowest BCUT2D eigenvalue weighted by molar-refractivity contribution is 0.868. The standard InChI is InChI=1S/C47H46N2/c1-31(2)36-20-28-43-44(29-36)46(48(38-11-9-8-10-12-38)39-21-13-33(5)14-22-39)42-27-19-37(32(3)4)30-45(42)47(43)49(40-23-15-34(6)16-24-40)41-25-17-35(7)18-26-41/h8-32H,1-7H3. The minimum absolute atomic E-state index is 0.384.